The van der Waals surface area contributed by atoms with Gasteiger partial charge in [-0.15, -0.1) is 0 Å². The number of nitrogens with zero attached hydrogens (tertiary/aromatic N) is 1. The molecule has 0 radical (unpaired) electrons. The highest BCUT2D eigenvalue weighted by molar-refractivity contribution is 6.10. The minimum Gasteiger partial charge on any atom is -0.502 e. The zero-order valence-electron chi connectivity index (χ0n) is 9.18. The summed E-state index contributed by atoms with van der Waals surface area (Å²) in [7, 11) is 0. The molecule has 2 rings (SSSR count). The summed E-state index contributed by atoms with van der Waals surface area (Å²) in [5, 5.41) is 20.9. The van der Waals surface area contributed by atoms with Crippen molar-refractivity contribution in [3.8, 4) is 5.75 Å². The van der Waals surface area contributed by atoms with Gasteiger partial charge < -0.3 is 9.52 Å². The van der Waals surface area contributed by atoms with Crippen LogP contribution in [-0.4, -0.2) is 15.8 Å². The molecule has 0 atom stereocenters. The molecule has 0 fully saturated rings. The van der Waals surface area contributed by atoms with Crippen molar-refractivity contribution in [2.75, 3.05) is 0 Å². The molecule has 17 heavy (non-hydrogen) atoms. The number of carbonyl (C=O) groups is 1. The van der Waals surface area contributed by atoms with E-state index in [2.05, 4.69) is 0 Å². The molecule has 6 nitrogen and oxygen atoms in total. The van der Waals surface area contributed by atoms with Crippen molar-refractivity contribution in [2.45, 2.75) is 13.8 Å². The third-order valence-corrected chi connectivity index (χ3v) is 2.55. The lowest BCUT2D eigenvalue weighted by Gasteiger charge is -2.03. The highest BCUT2D eigenvalue weighted by Crippen LogP contribution is 2.38. The van der Waals surface area contributed by atoms with Crippen LogP contribution < -0.4 is 0 Å². The number of hydrogen-bond acceptors (Lipinski definition) is 5. The molecule has 0 saturated heterocycles. The van der Waals surface area contributed by atoms with Crippen LogP contribution in [0.3, 0.4) is 0 Å². The van der Waals surface area contributed by atoms with Gasteiger partial charge in [0, 0.05) is 5.39 Å². The van der Waals surface area contributed by atoms with Crippen molar-refractivity contribution in [3.63, 3.8) is 0 Å². The topological polar surface area (TPSA) is 93.6 Å². The zero-order chi connectivity index (χ0) is 12.7. The maximum absolute atomic E-state index is 11.5. The number of aromatic hydroxyl groups is 1. The van der Waals surface area contributed by atoms with Gasteiger partial charge in [0.2, 0.25) is 5.75 Å². The van der Waals surface area contributed by atoms with Gasteiger partial charge in [0.15, 0.2) is 5.78 Å². The third-order valence-electron chi connectivity index (χ3n) is 2.55. The molecule has 0 unspecified atom stereocenters. The maximum Gasteiger partial charge on any atom is 0.315 e. The fraction of sp³-hybridized carbons (Fsp3) is 0.182. The Morgan fingerprint density at radius 1 is 1.53 bits per heavy atom. The summed E-state index contributed by atoms with van der Waals surface area (Å²) in [6.07, 6.45) is 1.39. The average Bonchev–Trinajstić information content (AvgIpc) is 2.58. The first-order valence-electron chi connectivity index (χ1n) is 4.82. The van der Waals surface area contributed by atoms with Crippen LogP contribution in [0.2, 0.25) is 0 Å². The lowest BCUT2D eigenvalue weighted by Crippen LogP contribution is -1.98. The van der Waals surface area contributed by atoms with E-state index < -0.39 is 22.1 Å². The highest BCUT2D eigenvalue weighted by atomic mass is 16.6. The second kappa shape index (κ2) is 3.58. The SMILES string of the molecule is CC(=O)c1c(O)c([N+](=O)[O-])cc2occ(C)c12. The Morgan fingerprint density at radius 3 is 2.71 bits per heavy atom. The van der Waals surface area contributed by atoms with Crippen molar-refractivity contribution in [3.05, 3.63) is 33.6 Å². The van der Waals surface area contributed by atoms with E-state index in [1.807, 2.05) is 0 Å². The predicted octanol–water partition coefficient (Wildman–Crippen LogP) is 2.56. The second-order valence-corrected chi connectivity index (χ2v) is 3.72. The van der Waals surface area contributed by atoms with Crippen molar-refractivity contribution in [2.24, 2.45) is 0 Å². The van der Waals surface area contributed by atoms with Crippen LogP contribution in [0.15, 0.2) is 16.7 Å². The first kappa shape index (κ1) is 11.1. The van der Waals surface area contributed by atoms with Crippen LogP contribution in [0.4, 0.5) is 5.69 Å². The molecule has 0 aliphatic carbocycles. The Labute approximate surface area is 95.6 Å². The fourth-order valence-corrected chi connectivity index (χ4v) is 1.81. The van der Waals surface area contributed by atoms with Gasteiger partial charge in [-0.1, -0.05) is 0 Å². The molecule has 0 aliphatic heterocycles. The van der Waals surface area contributed by atoms with E-state index in [0.717, 1.165) is 6.07 Å². The summed E-state index contributed by atoms with van der Waals surface area (Å²) < 4.78 is 5.12. The third kappa shape index (κ3) is 1.54. The van der Waals surface area contributed by atoms with E-state index in [1.165, 1.54) is 13.2 Å². The van der Waals surface area contributed by atoms with Crippen molar-refractivity contribution >= 4 is 22.4 Å². The number of nitro benzene ring substituents is 1. The van der Waals surface area contributed by atoms with Crippen LogP contribution in [0.5, 0.6) is 5.75 Å². The standard InChI is InChI=1S/C11H9NO5/c1-5-4-17-8-3-7(12(15)16)11(14)10(6(2)13)9(5)8/h3-4,14H,1-2H3. The number of fused-ring (bicyclic) bond motifs is 1. The average molecular weight is 235 g/mol. The van der Waals surface area contributed by atoms with E-state index in [1.54, 1.807) is 6.92 Å². The first-order valence-corrected chi connectivity index (χ1v) is 4.82. The van der Waals surface area contributed by atoms with E-state index >= 15 is 0 Å². The van der Waals surface area contributed by atoms with Crippen LogP contribution in [0, 0.1) is 17.0 Å². The van der Waals surface area contributed by atoms with Crippen LogP contribution in [0.25, 0.3) is 11.0 Å². The molecule has 6 heteroatoms. The van der Waals surface area contributed by atoms with Crippen LogP contribution >= 0.6 is 0 Å². The summed E-state index contributed by atoms with van der Waals surface area (Å²) in [6.45, 7) is 2.94. The number of benzene rings is 1. The molecule has 0 aliphatic rings. The van der Waals surface area contributed by atoms with Crippen LogP contribution in [0.1, 0.15) is 22.8 Å². The summed E-state index contributed by atoms with van der Waals surface area (Å²) in [5.74, 6) is -1.06. The van der Waals surface area contributed by atoms with Gasteiger partial charge >= 0.3 is 5.69 Å². The highest BCUT2D eigenvalue weighted by Gasteiger charge is 2.25. The summed E-state index contributed by atoms with van der Waals surface area (Å²) >= 11 is 0. The largest absolute Gasteiger partial charge is 0.502 e. The number of rotatable bonds is 2. The lowest BCUT2D eigenvalue weighted by molar-refractivity contribution is -0.385. The lowest BCUT2D eigenvalue weighted by atomic mass is 10.0. The molecule has 0 amide bonds. The van der Waals surface area contributed by atoms with Gasteiger partial charge in [0.25, 0.3) is 0 Å². The Kier molecular flexibility index (Phi) is 2.35. The van der Waals surface area contributed by atoms with Crippen molar-refractivity contribution in [1.29, 1.82) is 0 Å². The number of nitro groups is 1. The summed E-state index contributed by atoms with van der Waals surface area (Å²) in [6, 6.07) is 1.12. The van der Waals surface area contributed by atoms with Gasteiger partial charge in [-0.05, 0) is 19.4 Å². The summed E-state index contributed by atoms with van der Waals surface area (Å²) in [5.41, 5.74) is 0.269. The van der Waals surface area contributed by atoms with E-state index in [4.69, 9.17) is 4.42 Å². The number of ketones is 1. The molecular weight excluding hydrogens is 226 g/mol. The van der Waals surface area contributed by atoms with Gasteiger partial charge in [0.1, 0.15) is 5.58 Å². The first-order chi connectivity index (χ1) is 7.93. The number of aryl methyl sites for hydroxylation is 1. The quantitative estimate of drug-likeness (QED) is 0.490. The van der Waals surface area contributed by atoms with Crippen molar-refractivity contribution in [1.82, 2.24) is 0 Å². The monoisotopic (exact) mass is 235 g/mol. The number of phenolic OH excluding ortho intramolecular Hbond substituents is 1. The van der Waals surface area contributed by atoms with Gasteiger partial charge in [-0.3, -0.25) is 14.9 Å². The smallest absolute Gasteiger partial charge is 0.315 e. The Bertz CT molecular complexity index is 641. The van der Waals surface area contributed by atoms with E-state index in [9.17, 15) is 20.0 Å². The van der Waals surface area contributed by atoms with Crippen LogP contribution in [-0.2, 0) is 0 Å². The van der Waals surface area contributed by atoms with Gasteiger partial charge in [-0.25, -0.2) is 0 Å². The molecule has 1 N–H and O–H groups in total. The van der Waals surface area contributed by atoms with E-state index in [-0.39, 0.29) is 11.1 Å². The number of phenols is 1. The Hall–Kier alpha value is -2.37. The minimum atomic E-state index is -0.751. The zero-order valence-corrected chi connectivity index (χ0v) is 9.18. The second-order valence-electron chi connectivity index (χ2n) is 3.72. The molecule has 1 aromatic carbocycles. The normalized spacial score (nSPS) is 10.7. The predicted molar refractivity (Wildman–Crippen MR) is 59.3 cm³/mol. The number of Topliss-reactive ketones (excluding diaryl/α,β-unsaturated/α-hetero) is 1. The Balaban J connectivity index is 2.98. The van der Waals surface area contributed by atoms with E-state index in [0.29, 0.717) is 10.9 Å². The molecule has 0 spiro atoms. The molecule has 1 heterocycles. The molecule has 0 saturated carbocycles. The maximum atomic E-state index is 11.5. The Morgan fingerprint density at radius 2 is 2.18 bits per heavy atom. The molecule has 88 valence electrons. The number of hydrogen-bond donors (Lipinski definition) is 1. The fourth-order valence-electron chi connectivity index (χ4n) is 1.81. The number of carbonyl (C=O) groups excluding carboxylic acids is 1. The number of furan rings is 1. The molecular formula is C11H9NO5. The molecule has 2 aromatic rings. The van der Waals surface area contributed by atoms with Gasteiger partial charge in [0.05, 0.1) is 22.8 Å². The van der Waals surface area contributed by atoms with Crippen molar-refractivity contribution < 1.29 is 19.2 Å². The molecule has 1 aromatic heterocycles. The summed E-state index contributed by atoms with van der Waals surface area (Å²) in [4.78, 5) is 21.5. The molecule has 0 bridgehead atoms. The minimum absolute atomic E-state index is 0.0690. The van der Waals surface area contributed by atoms with Gasteiger partial charge in [-0.2, -0.15) is 0 Å².